The number of rotatable bonds is 3. The third kappa shape index (κ3) is 3.60. The van der Waals surface area contributed by atoms with Gasteiger partial charge >= 0.3 is 6.36 Å². The fourth-order valence-electron chi connectivity index (χ4n) is 3.20. The molecule has 1 saturated heterocycles. The number of amides is 1. The summed E-state index contributed by atoms with van der Waals surface area (Å²) in [6.07, 6.45) is -4.15. The average Bonchev–Trinajstić information content (AvgIpc) is 3.26. The Balaban J connectivity index is 1.72. The SMILES string of the molecule is C[C@@H]1CNCCN1C(=O)[C@@H]1C[C@H]1c1ccccc1OC(F)(F)F. The monoisotopic (exact) mass is 328 g/mol. The molecule has 1 N–H and O–H groups in total. The van der Waals surface area contributed by atoms with Gasteiger partial charge in [0.1, 0.15) is 5.75 Å². The zero-order valence-corrected chi connectivity index (χ0v) is 12.8. The van der Waals surface area contributed by atoms with E-state index in [4.69, 9.17) is 0 Å². The van der Waals surface area contributed by atoms with Crippen molar-refractivity contribution in [1.82, 2.24) is 10.2 Å². The van der Waals surface area contributed by atoms with Crippen LogP contribution >= 0.6 is 0 Å². The zero-order chi connectivity index (χ0) is 16.6. The van der Waals surface area contributed by atoms with Gasteiger partial charge in [0.2, 0.25) is 5.91 Å². The van der Waals surface area contributed by atoms with Gasteiger partial charge in [0.05, 0.1) is 0 Å². The van der Waals surface area contributed by atoms with Crippen molar-refractivity contribution in [2.24, 2.45) is 5.92 Å². The summed E-state index contributed by atoms with van der Waals surface area (Å²) in [4.78, 5) is 14.4. The van der Waals surface area contributed by atoms with E-state index in [1.165, 1.54) is 12.1 Å². The summed E-state index contributed by atoms with van der Waals surface area (Å²) in [6, 6.07) is 6.20. The molecule has 1 heterocycles. The molecule has 1 aromatic carbocycles. The number of ether oxygens (including phenoxy) is 1. The molecule has 2 fully saturated rings. The lowest BCUT2D eigenvalue weighted by Gasteiger charge is -2.34. The minimum atomic E-state index is -4.72. The first kappa shape index (κ1) is 16.1. The molecule has 3 rings (SSSR count). The number of nitrogens with zero attached hydrogens (tertiary/aromatic N) is 1. The van der Waals surface area contributed by atoms with Gasteiger partial charge in [0.25, 0.3) is 0 Å². The van der Waals surface area contributed by atoms with E-state index in [0.717, 1.165) is 13.1 Å². The number of hydrogen-bond acceptors (Lipinski definition) is 3. The van der Waals surface area contributed by atoms with Gasteiger partial charge in [-0.05, 0) is 30.9 Å². The van der Waals surface area contributed by atoms with Crippen LogP contribution in [0.15, 0.2) is 24.3 Å². The van der Waals surface area contributed by atoms with Gasteiger partial charge in [-0.15, -0.1) is 13.2 Å². The van der Waals surface area contributed by atoms with E-state index in [0.29, 0.717) is 18.5 Å². The molecule has 1 amide bonds. The second kappa shape index (κ2) is 6.03. The largest absolute Gasteiger partial charge is 0.573 e. The lowest BCUT2D eigenvalue weighted by atomic mass is 10.1. The fourth-order valence-corrected chi connectivity index (χ4v) is 3.20. The summed E-state index contributed by atoms with van der Waals surface area (Å²) in [5.41, 5.74) is 0.464. The second-order valence-corrected chi connectivity index (χ2v) is 6.12. The van der Waals surface area contributed by atoms with Crippen LogP contribution in [-0.2, 0) is 4.79 Å². The van der Waals surface area contributed by atoms with Crippen molar-refractivity contribution >= 4 is 5.91 Å². The zero-order valence-electron chi connectivity index (χ0n) is 12.8. The molecule has 0 spiro atoms. The normalized spacial score (nSPS) is 27.7. The quantitative estimate of drug-likeness (QED) is 0.927. The van der Waals surface area contributed by atoms with Gasteiger partial charge in [0.15, 0.2) is 0 Å². The number of nitrogens with one attached hydrogen (secondary N) is 1. The van der Waals surface area contributed by atoms with E-state index in [1.54, 1.807) is 12.1 Å². The van der Waals surface area contributed by atoms with Crippen molar-refractivity contribution in [2.75, 3.05) is 19.6 Å². The van der Waals surface area contributed by atoms with Crippen molar-refractivity contribution in [3.63, 3.8) is 0 Å². The number of alkyl halides is 3. The van der Waals surface area contributed by atoms with Crippen LogP contribution < -0.4 is 10.1 Å². The smallest absolute Gasteiger partial charge is 0.405 e. The third-order valence-electron chi connectivity index (χ3n) is 4.44. The lowest BCUT2D eigenvalue weighted by Crippen LogP contribution is -2.52. The molecule has 1 saturated carbocycles. The summed E-state index contributed by atoms with van der Waals surface area (Å²) in [5, 5.41) is 3.22. The summed E-state index contributed by atoms with van der Waals surface area (Å²) >= 11 is 0. The Bertz CT molecular complexity index is 591. The first-order chi connectivity index (χ1) is 10.9. The van der Waals surface area contributed by atoms with Crippen LogP contribution in [0.4, 0.5) is 13.2 Å². The summed E-state index contributed by atoms with van der Waals surface area (Å²) in [7, 11) is 0. The van der Waals surface area contributed by atoms with Gasteiger partial charge in [-0.25, -0.2) is 0 Å². The Hall–Kier alpha value is -1.76. The van der Waals surface area contributed by atoms with Crippen molar-refractivity contribution < 1.29 is 22.7 Å². The van der Waals surface area contributed by atoms with Crippen LogP contribution in [0.1, 0.15) is 24.8 Å². The molecule has 3 atom stereocenters. The molecule has 0 aromatic heterocycles. The molecule has 0 unspecified atom stereocenters. The highest BCUT2D eigenvalue weighted by molar-refractivity contribution is 5.83. The first-order valence-corrected chi connectivity index (χ1v) is 7.72. The Labute approximate surface area is 132 Å². The highest BCUT2D eigenvalue weighted by atomic mass is 19.4. The molecule has 4 nitrogen and oxygen atoms in total. The number of carbonyl (C=O) groups is 1. The van der Waals surface area contributed by atoms with Crippen LogP contribution in [-0.4, -0.2) is 42.8 Å². The van der Waals surface area contributed by atoms with E-state index in [9.17, 15) is 18.0 Å². The molecular weight excluding hydrogens is 309 g/mol. The van der Waals surface area contributed by atoms with Gasteiger partial charge in [-0.3, -0.25) is 4.79 Å². The molecule has 2 aliphatic rings. The summed E-state index contributed by atoms with van der Waals surface area (Å²) in [6.45, 7) is 4.12. The van der Waals surface area contributed by atoms with Gasteiger partial charge in [-0.2, -0.15) is 0 Å². The number of halogens is 3. The Kier molecular flexibility index (Phi) is 4.23. The highest BCUT2D eigenvalue weighted by Gasteiger charge is 2.48. The Morgan fingerprint density at radius 3 is 2.78 bits per heavy atom. The van der Waals surface area contributed by atoms with E-state index < -0.39 is 6.36 Å². The van der Waals surface area contributed by atoms with Crippen LogP contribution in [0.3, 0.4) is 0 Å². The molecule has 23 heavy (non-hydrogen) atoms. The van der Waals surface area contributed by atoms with Gasteiger partial charge in [-0.1, -0.05) is 18.2 Å². The summed E-state index contributed by atoms with van der Waals surface area (Å²) < 4.78 is 41.6. The molecule has 1 aliphatic carbocycles. The van der Waals surface area contributed by atoms with Gasteiger partial charge in [0, 0.05) is 31.6 Å². The summed E-state index contributed by atoms with van der Waals surface area (Å²) in [5.74, 6) is -0.601. The van der Waals surface area contributed by atoms with Crippen molar-refractivity contribution in [1.29, 1.82) is 0 Å². The molecule has 1 aromatic rings. The lowest BCUT2D eigenvalue weighted by molar-refractivity contribution is -0.274. The minimum absolute atomic E-state index is 0.0332. The minimum Gasteiger partial charge on any atom is -0.405 e. The molecular formula is C16H19F3N2O2. The maximum atomic E-state index is 12.6. The van der Waals surface area contributed by atoms with E-state index in [2.05, 4.69) is 10.1 Å². The molecule has 7 heteroatoms. The van der Waals surface area contributed by atoms with Crippen molar-refractivity contribution in [3.05, 3.63) is 29.8 Å². The van der Waals surface area contributed by atoms with Gasteiger partial charge < -0.3 is 15.0 Å². The highest BCUT2D eigenvalue weighted by Crippen LogP contribution is 2.51. The predicted octanol–water partition coefficient (Wildman–Crippen LogP) is 2.51. The maximum absolute atomic E-state index is 12.6. The maximum Gasteiger partial charge on any atom is 0.573 e. The fraction of sp³-hybridized carbons (Fsp3) is 0.562. The van der Waals surface area contributed by atoms with Crippen LogP contribution in [0.5, 0.6) is 5.75 Å². The molecule has 1 aliphatic heterocycles. The Morgan fingerprint density at radius 2 is 2.09 bits per heavy atom. The van der Waals surface area contributed by atoms with Crippen LogP contribution in [0, 0.1) is 5.92 Å². The number of para-hydroxylation sites is 1. The number of benzene rings is 1. The third-order valence-corrected chi connectivity index (χ3v) is 4.44. The number of hydrogen-bond donors (Lipinski definition) is 1. The predicted molar refractivity (Wildman–Crippen MR) is 78.0 cm³/mol. The average molecular weight is 328 g/mol. The molecule has 126 valence electrons. The van der Waals surface area contributed by atoms with Crippen LogP contribution in [0.2, 0.25) is 0 Å². The van der Waals surface area contributed by atoms with Crippen LogP contribution in [0.25, 0.3) is 0 Å². The van der Waals surface area contributed by atoms with Crippen molar-refractivity contribution in [3.8, 4) is 5.75 Å². The van der Waals surface area contributed by atoms with E-state index in [1.807, 2.05) is 11.8 Å². The number of piperazine rings is 1. The van der Waals surface area contributed by atoms with E-state index >= 15 is 0 Å². The second-order valence-electron chi connectivity index (χ2n) is 6.12. The molecule has 0 radical (unpaired) electrons. The Morgan fingerprint density at radius 1 is 1.35 bits per heavy atom. The number of carbonyl (C=O) groups excluding carboxylic acids is 1. The topological polar surface area (TPSA) is 41.6 Å². The standard InChI is InChI=1S/C16H19F3N2O2/c1-10-9-20-6-7-21(10)15(22)13-8-12(13)11-4-2-3-5-14(11)23-16(17,18)19/h2-5,10,12-13,20H,6-9H2,1H3/t10-,12+,13-/m1/s1. The molecule has 0 bridgehead atoms. The van der Waals surface area contributed by atoms with Crippen molar-refractivity contribution in [2.45, 2.75) is 31.7 Å². The van der Waals surface area contributed by atoms with E-state index in [-0.39, 0.29) is 29.5 Å². The first-order valence-electron chi connectivity index (χ1n) is 7.72.